The molecule has 0 radical (unpaired) electrons. The highest BCUT2D eigenvalue weighted by Gasteiger charge is 2.18. The Kier molecular flexibility index (Phi) is 5.01. The molecule has 0 spiro atoms. The summed E-state index contributed by atoms with van der Waals surface area (Å²) in [4.78, 5) is 33.1. The summed E-state index contributed by atoms with van der Waals surface area (Å²) in [5.41, 5.74) is 5.22. The summed E-state index contributed by atoms with van der Waals surface area (Å²) in [5, 5.41) is 8.55. The highest BCUT2D eigenvalue weighted by Crippen LogP contribution is 2.19. The predicted molar refractivity (Wildman–Crippen MR) is 63.6 cm³/mol. The Labute approximate surface area is 108 Å². The van der Waals surface area contributed by atoms with Gasteiger partial charge >= 0.3 is 17.9 Å². The molecule has 1 rings (SSSR count). The first-order valence-corrected chi connectivity index (χ1v) is 5.34. The largest absolute Gasteiger partial charge is 0.480 e. The number of hydrogen-bond donors (Lipinski definition) is 2. The summed E-state index contributed by atoms with van der Waals surface area (Å²) in [7, 11) is 0. The smallest absolute Gasteiger partial charge is 0.342 e. The van der Waals surface area contributed by atoms with Gasteiger partial charge in [-0.15, -0.1) is 0 Å². The summed E-state index contributed by atoms with van der Waals surface area (Å²) in [6, 6.07) is 4.66. The molecule has 3 N–H and O–H groups in total. The van der Waals surface area contributed by atoms with Crippen LogP contribution < -0.4 is 10.5 Å². The van der Waals surface area contributed by atoms with Crippen LogP contribution in [-0.4, -0.2) is 35.7 Å². The lowest BCUT2D eigenvalue weighted by molar-refractivity contribution is -0.139. The molecule has 0 aliphatic carbocycles. The number of ether oxygens (including phenoxy) is 2. The number of esters is 2. The fraction of sp³-hybridized carbons (Fsp3) is 0.250. The molecule has 102 valence electrons. The normalized spacial score (nSPS) is 11.5. The van der Waals surface area contributed by atoms with Crippen molar-refractivity contribution in [1.29, 1.82) is 0 Å². The lowest BCUT2D eigenvalue weighted by Crippen LogP contribution is -2.35. The second kappa shape index (κ2) is 6.50. The molecule has 19 heavy (non-hydrogen) atoms. The third-order valence-electron chi connectivity index (χ3n) is 2.07. The first-order chi connectivity index (χ1) is 8.91. The number of carbonyl (C=O) groups excluding carboxylic acids is 2. The van der Waals surface area contributed by atoms with E-state index in [0.29, 0.717) is 0 Å². The van der Waals surface area contributed by atoms with E-state index < -0.39 is 30.6 Å². The van der Waals surface area contributed by atoms with Crippen LogP contribution in [0.4, 0.5) is 0 Å². The van der Waals surface area contributed by atoms with Crippen molar-refractivity contribution in [1.82, 2.24) is 0 Å². The van der Waals surface area contributed by atoms with Gasteiger partial charge in [0.15, 0.2) is 0 Å². The highest BCUT2D eigenvalue weighted by molar-refractivity contribution is 5.93. The van der Waals surface area contributed by atoms with E-state index in [-0.39, 0.29) is 11.3 Å². The summed E-state index contributed by atoms with van der Waals surface area (Å²) in [6.07, 6.45) is 0. The first-order valence-electron chi connectivity index (χ1n) is 5.34. The SMILES string of the molecule is CC(=O)Oc1ccccc1C(=O)OC[C@H](N)C(=O)O. The van der Waals surface area contributed by atoms with Gasteiger partial charge in [-0.3, -0.25) is 9.59 Å². The Bertz CT molecular complexity index is 499. The van der Waals surface area contributed by atoms with Crippen LogP contribution in [0.3, 0.4) is 0 Å². The van der Waals surface area contributed by atoms with Crippen LogP contribution in [0, 0.1) is 0 Å². The summed E-state index contributed by atoms with van der Waals surface area (Å²) in [6.45, 7) is 0.727. The molecular weight excluding hydrogens is 254 g/mol. The standard InChI is InChI=1S/C12H13NO6/c1-7(14)19-10-5-3-2-4-8(10)12(17)18-6-9(13)11(15)16/h2-5,9H,6,13H2,1H3,(H,15,16)/t9-/m0/s1. The second-order valence-electron chi connectivity index (χ2n) is 3.63. The van der Waals surface area contributed by atoms with Crippen LogP contribution in [0.25, 0.3) is 0 Å². The minimum Gasteiger partial charge on any atom is -0.480 e. The van der Waals surface area contributed by atoms with Crippen molar-refractivity contribution in [2.24, 2.45) is 5.73 Å². The number of nitrogens with two attached hydrogens (primary N) is 1. The van der Waals surface area contributed by atoms with Crippen LogP contribution in [0.15, 0.2) is 24.3 Å². The first kappa shape index (κ1) is 14.7. The van der Waals surface area contributed by atoms with Gasteiger partial charge in [0, 0.05) is 6.92 Å². The maximum atomic E-state index is 11.7. The number of benzene rings is 1. The number of rotatable bonds is 5. The molecule has 0 unspecified atom stereocenters. The van der Waals surface area contributed by atoms with E-state index in [1.54, 1.807) is 12.1 Å². The molecule has 0 saturated carbocycles. The predicted octanol–water partition coefficient (Wildman–Crippen LogP) is 0.181. The molecule has 0 bridgehead atoms. The maximum absolute atomic E-state index is 11.7. The summed E-state index contributed by atoms with van der Waals surface area (Å²) >= 11 is 0. The van der Waals surface area contributed by atoms with Gasteiger partial charge in [0.25, 0.3) is 0 Å². The Morgan fingerprint density at radius 3 is 2.53 bits per heavy atom. The molecule has 7 heteroatoms. The van der Waals surface area contributed by atoms with E-state index in [2.05, 4.69) is 0 Å². The van der Waals surface area contributed by atoms with E-state index in [4.69, 9.17) is 20.3 Å². The van der Waals surface area contributed by atoms with Crippen LogP contribution in [0.2, 0.25) is 0 Å². The molecule has 1 aromatic rings. The molecule has 0 aliphatic heterocycles. The van der Waals surface area contributed by atoms with E-state index >= 15 is 0 Å². The number of hydrogen-bond acceptors (Lipinski definition) is 6. The van der Waals surface area contributed by atoms with Crippen LogP contribution in [-0.2, 0) is 14.3 Å². The second-order valence-corrected chi connectivity index (χ2v) is 3.63. The lowest BCUT2D eigenvalue weighted by Gasteiger charge is -2.10. The molecule has 0 fully saturated rings. The molecular formula is C12H13NO6. The zero-order chi connectivity index (χ0) is 14.4. The third kappa shape index (κ3) is 4.40. The molecule has 0 amide bonds. The number of carbonyl (C=O) groups is 3. The quantitative estimate of drug-likeness (QED) is 0.577. The molecule has 0 aromatic heterocycles. The highest BCUT2D eigenvalue weighted by atomic mass is 16.5. The average molecular weight is 267 g/mol. The van der Waals surface area contributed by atoms with Crippen molar-refractivity contribution >= 4 is 17.9 Å². The molecule has 1 aromatic carbocycles. The van der Waals surface area contributed by atoms with Gasteiger partial charge in [-0.25, -0.2) is 4.79 Å². The Morgan fingerprint density at radius 2 is 1.95 bits per heavy atom. The number of para-hydroxylation sites is 1. The van der Waals surface area contributed by atoms with E-state index in [1.807, 2.05) is 0 Å². The van der Waals surface area contributed by atoms with Crippen LogP contribution >= 0.6 is 0 Å². The fourth-order valence-electron chi connectivity index (χ4n) is 1.19. The molecule has 0 aliphatic rings. The Morgan fingerprint density at radius 1 is 1.32 bits per heavy atom. The van der Waals surface area contributed by atoms with Crippen LogP contribution in [0.5, 0.6) is 5.75 Å². The van der Waals surface area contributed by atoms with E-state index in [0.717, 1.165) is 0 Å². The van der Waals surface area contributed by atoms with E-state index in [9.17, 15) is 14.4 Å². The lowest BCUT2D eigenvalue weighted by atomic mass is 10.2. The van der Waals surface area contributed by atoms with Gasteiger partial charge in [0.05, 0.1) is 0 Å². The van der Waals surface area contributed by atoms with Gasteiger partial charge in [0.1, 0.15) is 24.0 Å². The van der Waals surface area contributed by atoms with Gasteiger partial charge < -0.3 is 20.3 Å². The van der Waals surface area contributed by atoms with Crippen LogP contribution in [0.1, 0.15) is 17.3 Å². The van der Waals surface area contributed by atoms with Gasteiger partial charge in [-0.1, -0.05) is 12.1 Å². The topological polar surface area (TPSA) is 116 Å². The van der Waals surface area contributed by atoms with E-state index in [1.165, 1.54) is 19.1 Å². The average Bonchev–Trinajstić information content (AvgIpc) is 2.35. The molecule has 0 heterocycles. The zero-order valence-corrected chi connectivity index (χ0v) is 10.2. The monoisotopic (exact) mass is 267 g/mol. The number of aliphatic carboxylic acids is 1. The number of carboxylic acids is 1. The van der Waals surface area contributed by atoms with Crippen molar-refractivity contribution in [2.75, 3.05) is 6.61 Å². The van der Waals surface area contributed by atoms with Crippen molar-refractivity contribution < 1.29 is 29.0 Å². The molecule has 0 saturated heterocycles. The number of carboxylic acid groups (broad SMARTS) is 1. The summed E-state index contributed by atoms with van der Waals surface area (Å²) in [5.74, 6) is -2.62. The third-order valence-corrected chi connectivity index (χ3v) is 2.07. The van der Waals surface area contributed by atoms with Gasteiger partial charge in [-0.05, 0) is 12.1 Å². The van der Waals surface area contributed by atoms with Crippen molar-refractivity contribution in [3.63, 3.8) is 0 Å². The van der Waals surface area contributed by atoms with Crippen molar-refractivity contribution in [3.05, 3.63) is 29.8 Å². The van der Waals surface area contributed by atoms with Crippen molar-refractivity contribution in [3.8, 4) is 5.75 Å². The van der Waals surface area contributed by atoms with Gasteiger partial charge in [0.2, 0.25) is 0 Å². The zero-order valence-electron chi connectivity index (χ0n) is 10.2. The maximum Gasteiger partial charge on any atom is 0.342 e. The molecule has 7 nitrogen and oxygen atoms in total. The van der Waals surface area contributed by atoms with Crippen molar-refractivity contribution in [2.45, 2.75) is 13.0 Å². The fourth-order valence-corrected chi connectivity index (χ4v) is 1.19. The van der Waals surface area contributed by atoms with Gasteiger partial charge in [-0.2, -0.15) is 0 Å². The summed E-state index contributed by atoms with van der Waals surface area (Å²) < 4.78 is 9.57. The minimum absolute atomic E-state index is 0.0234. The molecule has 1 atom stereocenters. The Balaban J connectivity index is 2.76. The minimum atomic E-state index is -1.30. The Hall–Kier alpha value is -2.41.